The fourth-order valence-electron chi connectivity index (χ4n) is 0.542. The number of hydrogen-bond donors (Lipinski definition) is 2. The fraction of sp³-hybridized carbons (Fsp3) is 0.429. The van der Waals surface area contributed by atoms with Crippen LogP contribution >= 0.6 is 0 Å². The minimum atomic E-state index is -0.526. The molecule has 0 aromatic heterocycles. The summed E-state index contributed by atoms with van der Waals surface area (Å²) in [4.78, 5) is 15.7. The summed E-state index contributed by atoms with van der Waals surface area (Å²) < 4.78 is 0. The third-order valence-electron chi connectivity index (χ3n) is 1.16. The second-order valence-corrected chi connectivity index (χ2v) is 2.29. The van der Waals surface area contributed by atoms with Gasteiger partial charge in [-0.3, -0.25) is 15.0 Å². The third-order valence-corrected chi connectivity index (χ3v) is 1.16. The lowest BCUT2D eigenvalue weighted by atomic mass is 10.3. The van der Waals surface area contributed by atoms with Gasteiger partial charge in [-0.25, -0.2) is 5.06 Å². The lowest BCUT2D eigenvalue weighted by molar-refractivity contribution is -0.160. The van der Waals surface area contributed by atoms with Crippen molar-refractivity contribution in [2.24, 2.45) is 5.73 Å². The number of rotatable bonds is 3. The molecule has 5 heteroatoms. The Balaban J connectivity index is 4.31. The van der Waals surface area contributed by atoms with Gasteiger partial charge in [-0.05, 0) is 13.0 Å². The number of nitrogens with one attached hydrogen (secondary N) is 1. The van der Waals surface area contributed by atoms with E-state index in [0.29, 0.717) is 5.70 Å². The highest BCUT2D eigenvalue weighted by Gasteiger charge is 2.11. The molecule has 0 saturated carbocycles. The van der Waals surface area contributed by atoms with Crippen molar-refractivity contribution >= 4 is 11.6 Å². The molecule has 0 aromatic rings. The Morgan fingerprint density at radius 1 is 1.67 bits per heavy atom. The summed E-state index contributed by atoms with van der Waals surface area (Å²) in [6.45, 7) is 1.61. The molecule has 1 amide bonds. The summed E-state index contributed by atoms with van der Waals surface area (Å²) >= 11 is 0. The van der Waals surface area contributed by atoms with Crippen LogP contribution in [0.5, 0.6) is 0 Å². The molecule has 0 unspecified atom stereocenters. The Bertz CT molecular complexity index is 219. The van der Waals surface area contributed by atoms with Crippen molar-refractivity contribution in [2.75, 3.05) is 14.2 Å². The fourth-order valence-corrected chi connectivity index (χ4v) is 0.542. The predicted octanol–water partition coefficient (Wildman–Crippen LogP) is -0.112. The van der Waals surface area contributed by atoms with Crippen LogP contribution in [0.15, 0.2) is 11.8 Å². The number of carbonyl (C=O) groups excluding carboxylic acids is 1. The molecule has 0 fully saturated rings. The average Bonchev–Trinajstić information content (AvgIpc) is 2.00. The molecule has 5 nitrogen and oxygen atoms in total. The summed E-state index contributed by atoms with van der Waals surface area (Å²) in [5.74, 6) is -0.526. The predicted molar refractivity (Wildman–Crippen MR) is 45.5 cm³/mol. The zero-order valence-electron chi connectivity index (χ0n) is 7.42. The lowest BCUT2D eigenvalue weighted by Crippen LogP contribution is -2.31. The van der Waals surface area contributed by atoms with Crippen molar-refractivity contribution in [2.45, 2.75) is 6.92 Å². The summed E-state index contributed by atoms with van der Waals surface area (Å²) in [7, 11) is 2.78. The van der Waals surface area contributed by atoms with Gasteiger partial charge in [-0.1, -0.05) is 0 Å². The Morgan fingerprint density at radius 2 is 2.17 bits per heavy atom. The number of nitrogens with zero attached hydrogens (tertiary/aromatic N) is 1. The van der Waals surface area contributed by atoms with E-state index in [1.54, 1.807) is 6.92 Å². The van der Waals surface area contributed by atoms with E-state index in [9.17, 15) is 4.79 Å². The largest absolute Gasteiger partial charge is 0.402 e. The first kappa shape index (κ1) is 10.6. The van der Waals surface area contributed by atoms with Gasteiger partial charge >= 0.3 is 0 Å². The zero-order valence-corrected chi connectivity index (χ0v) is 7.42. The Morgan fingerprint density at radius 3 is 2.50 bits per heavy atom. The zero-order chi connectivity index (χ0) is 9.72. The molecule has 0 radical (unpaired) electrons. The molecule has 0 aliphatic carbocycles. The van der Waals surface area contributed by atoms with Gasteiger partial charge in [-0.15, -0.1) is 0 Å². The van der Waals surface area contributed by atoms with E-state index < -0.39 is 5.91 Å². The van der Waals surface area contributed by atoms with Gasteiger partial charge in [0.1, 0.15) is 5.71 Å². The molecule has 0 atom stereocenters. The summed E-state index contributed by atoms with van der Waals surface area (Å²) in [5.41, 5.74) is 5.50. The summed E-state index contributed by atoms with van der Waals surface area (Å²) in [6.07, 6.45) is 1.28. The van der Waals surface area contributed by atoms with Crippen LogP contribution in [0, 0.1) is 5.41 Å². The van der Waals surface area contributed by atoms with E-state index in [-0.39, 0.29) is 5.71 Å². The molecule has 68 valence electrons. The van der Waals surface area contributed by atoms with Crippen molar-refractivity contribution < 1.29 is 9.63 Å². The first-order valence-corrected chi connectivity index (χ1v) is 3.33. The molecule has 0 heterocycles. The summed E-state index contributed by atoms with van der Waals surface area (Å²) in [6, 6.07) is 0. The normalized spacial score (nSPS) is 11.1. The lowest BCUT2D eigenvalue weighted by Gasteiger charge is -2.12. The topological polar surface area (TPSA) is 79.4 Å². The van der Waals surface area contributed by atoms with Gasteiger partial charge < -0.3 is 5.73 Å². The molecule has 0 aliphatic heterocycles. The quantitative estimate of drug-likeness (QED) is 0.459. The second-order valence-electron chi connectivity index (χ2n) is 2.29. The third kappa shape index (κ3) is 3.16. The number of allylic oxidation sites excluding steroid dienone is 1. The van der Waals surface area contributed by atoms with E-state index in [0.717, 1.165) is 5.06 Å². The molecule has 0 aromatic carbocycles. The maximum absolute atomic E-state index is 11.1. The van der Waals surface area contributed by atoms with E-state index in [4.69, 9.17) is 11.1 Å². The first-order valence-electron chi connectivity index (χ1n) is 3.33. The molecule has 0 bridgehead atoms. The number of hydroxylamine groups is 2. The number of amides is 1. The minimum Gasteiger partial charge on any atom is -0.402 e. The highest BCUT2D eigenvalue weighted by molar-refractivity contribution is 6.41. The molecule has 0 aliphatic rings. The van der Waals surface area contributed by atoms with Crippen LogP contribution in [0.3, 0.4) is 0 Å². The van der Waals surface area contributed by atoms with Gasteiger partial charge in [0.2, 0.25) is 0 Å². The van der Waals surface area contributed by atoms with Gasteiger partial charge in [0.05, 0.1) is 7.11 Å². The summed E-state index contributed by atoms with van der Waals surface area (Å²) in [5, 5.41) is 8.19. The van der Waals surface area contributed by atoms with Gasteiger partial charge in [-0.2, -0.15) is 0 Å². The minimum absolute atomic E-state index is 0.195. The van der Waals surface area contributed by atoms with E-state index in [2.05, 4.69) is 4.84 Å². The van der Waals surface area contributed by atoms with Crippen molar-refractivity contribution in [1.29, 1.82) is 5.41 Å². The highest BCUT2D eigenvalue weighted by atomic mass is 16.7. The highest BCUT2D eigenvalue weighted by Crippen LogP contribution is 1.90. The Kier molecular flexibility index (Phi) is 3.99. The first-order chi connectivity index (χ1) is 5.49. The van der Waals surface area contributed by atoms with Crippen LogP contribution < -0.4 is 5.73 Å². The van der Waals surface area contributed by atoms with Crippen LogP contribution in [-0.4, -0.2) is 30.8 Å². The van der Waals surface area contributed by atoms with Gasteiger partial charge in [0, 0.05) is 12.7 Å². The van der Waals surface area contributed by atoms with Crippen molar-refractivity contribution in [3.05, 3.63) is 11.8 Å². The van der Waals surface area contributed by atoms with Crippen molar-refractivity contribution in [1.82, 2.24) is 5.06 Å². The van der Waals surface area contributed by atoms with Crippen LogP contribution in [0.4, 0.5) is 0 Å². The maximum Gasteiger partial charge on any atom is 0.295 e. The SMILES string of the molecule is CON(C)C(=O)C(=N)C=C(C)N. The van der Waals surface area contributed by atoms with E-state index >= 15 is 0 Å². The molecule has 0 spiro atoms. The number of carbonyl (C=O) groups is 1. The average molecular weight is 171 g/mol. The molecular weight excluding hydrogens is 158 g/mol. The Hall–Kier alpha value is -1.36. The monoisotopic (exact) mass is 171 g/mol. The smallest absolute Gasteiger partial charge is 0.295 e. The number of nitrogens with two attached hydrogens (primary N) is 1. The van der Waals surface area contributed by atoms with Gasteiger partial charge in [0.15, 0.2) is 0 Å². The van der Waals surface area contributed by atoms with Crippen LogP contribution in [0.25, 0.3) is 0 Å². The molecular formula is C7H13N3O2. The molecule has 0 saturated heterocycles. The molecule has 0 rings (SSSR count). The van der Waals surface area contributed by atoms with Crippen LogP contribution in [-0.2, 0) is 9.63 Å². The van der Waals surface area contributed by atoms with Crippen molar-refractivity contribution in [3.8, 4) is 0 Å². The van der Waals surface area contributed by atoms with Crippen LogP contribution in [0.2, 0.25) is 0 Å². The van der Waals surface area contributed by atoms with E-state index in [1.807, 2.05) is 0 Å². The second kappa shape index (κ2) is 4.50. The van der Waals surface area contributed by atoms with Gasteiger partial charge in [0.25, 0.3) is 5.91 Å². The Labute approximate surface area is 71.3 Å². The molecule has 12 heavy (non-hydrogen) atoms. The number of hydrogen-bond acceptors (Lipinski definition) is 4. The molecule has 3 N–H and O–H groups in total. The standard InChI is InChI=1S/C7H13N3O2/c1-5(8)4-6(9)7(11)10(2)12-3/h4,9H,8H2,1-3H3. The van der Waals surface area contributed by atoms with Crippen LogP contribution in [0.1, 0.15) is 6.92 Å². The van der Waals surface area contributed by atoms with E-state index in [1.165, 1.54) is 20.2 Å². The van der Waals surface area contributed by atoms with Crippen molar-refractivity contribution in [3.63, 3.8) is 0 Å². The maximum atomic E-state index is 11.1.